The van der Waals surface area contributed by atoms with Crippen LogP contribution < -0.4 is 14.8 Å². The second-order valence-corrected chi connectivity index (χ2v) is 12.0. The minimum atomic E-state index is 0.279. The fourth-order valence-electron chi connectivity index (χ4n) is 4.73. The van der Waals surface area contributed by atoms with Gasteiger partial charge in [-0.25, -0.2) is 19.9 Å². The van der Waals surface area contributed by atoms with Gasteiger partial charge in [-0.05, 0) is 77.7 Å². The van der Waals surface area contributed by atoms with E-state index in [0.29, 0.717) is 23.3 Å². The van der Waals surface area contributed by atoms with Crippen molar-refractivity contribution in [2.75, 3.05) is 12.1 Å². The van der Waals surface area contributed by atoms with Crippen molar-refractivity contribution < 1.29 is 9.47 Å². The second kappa shape index (κ2) is 12.1. The van der Waals surface area contributed by atoms with E-state index in [2.05, 4.69) is 37.6 Å². The first-order chi connectivity index (χ1) is 21.5. The minimum absolute atomic E-state index is 0.279. The summed E-state index contributed by atoms with van der Waals surface area (Å²) in [5, 5.41) is 10.1. The summed E-state index contributed by atoms with van der Waals surface area (Å²) in [6, 6.07) is 13.6. The van der Waals surface area contributed by atoms with Crippen LogP contribution in [0.4, 0.5) is 5.82 Å². The third kappa shape index (κ3) is 5.64. The lowest BCUT2D eigenvalue weighted by atomic mass is 10.2. The summed E-state index contributed by atoms with van der Waals surface area (Å²) < 4.78 is 10.8. The first-order valence-electron chi connectivity index (χ1n) is 13.6. The molecule has 0 saturated heterocycles. The Morgan fingerprint density at radius 2 is 1.41 bits per heavy atom. The maximum Gasteiger partial charge on any atom is 0.231 e. The molecule has 1 N–H and O–H groups in total. The summed E-state index contributed by atoms with van der Waals surface area (Å²) in [4.78, 5) is 28.5. The minimum Gasteiger partial charge on any atom is -0.454 e. The van der Waals surface area contributed by atoms with Crippen molar-refractivity contribution in [1.29, 1.82) is 0 Å². The molecule has 1 aliphatic heterocycles. The number of aromatic nitrogens is 6. The standard InChI is InChI=1S/C20H16N4O2S.C12H8ClN3S/c1-12-10-27-20-17(12)19(23-18(24-20)14-3-2-6-21-9-14)22-8-13-4-5-15-16(7-13)26-11-25-15;1-7-6-17-12-9(7)10(13)15-11(16-12)8-3-2-4-14-5-8/h2-7,9-10H,8,11H2,1H3,(H,22,23,24);2-6H,1H3. The van der Waals surface area contributed by atoms with Crippen LogP contribution in [0.25, 0.3) is 43.2 Å². The van der Waals surface area contributed by atoms with Gasteiger partial charge in [0.1, 0.15) is 20.6 Å². The Labute approximate surface area is 265 Å². The quantitative estimate of drug-likeness (QED) is 0.187. The van der Waals surface area contributed by atoms with Gasteiger partial charge in [-0.3, -0.25) is 9.97 Å². The highest BCUT2D eigenvalue weighted by atomic mass is 35.5. The van der Waals surface area contributed by atoms with Crippen molar-refractivity contribution in [2.24, 2.45) is 0 Å². The van der Waals surface area contributed by atoms with Crippen LogP contribution in [-0.2, 0) is 6.54 Å². The predicted octanol–water partition coefficient (Wildman–Crippen LogP) is 8.12. The number of hydrogen-bond acceptors (Lipinski definition) is 11. The molecule has 44 heavy (non-hydrogen) atoms. The fraction of sp³-hybridized carbons (Fsp3) is 0.125. The number of thiophene rings is 2. The summed E-state index contributed by atoms with van der Waals surface area (Å²) >= 11 is 9.40. The molecule has 0 spiro atoms. The fourth-order valence-corrected chi connectivity index (χ4v) is 6.95. The topological polar surface area (TPSA) is 108 Å². The highest BCUT2D eigenvalue weighted by Gasteiger charge is 2.16. The van der Waals surface area contributed by atoms with Crippen LogP contribution in [0, 0.1) is 13.8 Å². The molecule has 0 radical (unpaired) electrons. The van der Waals surface area contributed by atoms with Gasteiger partial charge in [-0.15, -0.1) is 22.7 Å². The van der Waals surface area contributed by atoms with Gasteiger partial charge in [-0.2, -0.15) is 0 Å². The molecule has 1 aromatic carbocycles. The summed E-state index contributed by atoms with van der Waals surface area (Å²) in [5.74, 6) is 3.69. The zero-order valence-corrected chi connectivity index (χ0v) is 26.0. The predicted molar refractivity (Wildman–Crippen MR) is 176 cm³/mol. The van der Waals surface area contributed by atoms with Gasteiger partial charge >= 0.3 is 0 Å². The van der Waals surface area contributed by atoms with E-state index in [1.54, 1.807) is 47.5 Å². The monoisotopic (exact) mass is 637 g/mol. The van der Waals surface area contributed by atoms with Gasteiger partial charge in [0.05, 0.1) is 10.8 Å². The van der Waals surface area contributed by atoms with Crippen LogP contribution in [0.5, 0.6) is 11.5 Å². The average molecular weight is 638 g/mol. The van der Waals surface area contributed by atoms with Crippen molar-refractivity contribution in [3.05, 3.63) is 99.9 Å². The van der Waals surface area contributed by atoms with Crippen LogP contribution >= 0.6 is 34.3 Å². The Hall–Kier alpha value is -4.71. The Kier molecular flexibility index (Phi) is 7.73. The normalized spacial score (nSPS) is 11.9. The van der Waals surface area contributed by atoms with Gasteiger partial charge in [0.25, 0.3) is 0 Å². The molecule has 0 aliphatic carbocycles. The third-order valence-corrected chi connectivity index (χ3v) is 9.18. The molecule has 0 bridgehead atoms. The SMILES string of the molecule is Cc1csc2nc(-c3cccnc3)nc(Cl)c12.Cc1csc2nc(-c3cccnc3)nc(NCc3ccc4c(c3)OCO4)c12. The number of anilines is 1. The van der Waals surface area contributed by atoms with Crippen LogP contribution in [-0.4, -0.2) is 36.7 Å². The Morgan fingerprint density at radius 3 is 2.09 bits per heavy atom. The van der Waals surface area contributed by atoms with Gasteiger partial charge in [0, 0.05) is 42.5 Å². The van der Waals surface area contributed by atoms with Crippen molar-refractivity contribution in [3.8, 4) is 34.3 Å². The van der Waals surface area contributed by atoms with Crippen molar-refractivity contribution in [1.82, 2.24) is 29.9 Å². The molecular formula is C32H24ClN7O2S2. The first kappa shape index (κ1) is 28.1. The van der Waals surface area contributed by atoms with Gasteiger partial charge < -0.3 is 14.8 Å². The average Bonchev–Trinajstić information content (AvgIpc) is 3.79. The van der Waals surface area contributed by atoms with Crippen molar-refractivity contribution in [3.63, 3.8) is 0 Å². The van der Waals surface area contributed by atoms with E-state index >= 15 is 0 Å². The van der Waals surface area contributed by atoms with Crippen LogP contribution in [0.2, 0.25) is 5.15 Å². The summed E-state index contributed by atoms with van der Waals surface area (Å²) in [5.41, 5.74) is 5.16. The number of benzene rings is 1. The largest absolute Gasteiger partial charge is 0.454 e. The molecule has 7 aromatic rings. The van der Waals surface area contributed by atoms with E-state index in [4.69, 9.17) is 31.0 Å². The first-order valence-corrected chi connectivity index (χ1v) is 15.8. The van der Waals surface area contributed by atoms with E-state index in [-0.39, 0.29) is 6.79 Å². The summed E-state index contributed by atoms with van der Waals surface area (Å²) in [7, 11) is 0. The molecular weight excluding hydrogens is 614 g/mol. The Morgan fingerprint density at radius 1 is 0.773 bits per heavy atom. The van der Waals surface area contributed by atoms with E-state index in [9.17, 15) is 0 Å². The van der Waals surface area contributed by atoms with E-state index in [0.717, 1.165) is 60.0 Å². The third-order valence-electron chi connectivity index (χ3n) is 6.93. The molecule has 218 valence electrons. The molecule has 1 aliphatic rings. The maximum absolute atomic E-state index is 6.19. The highest BCUT2D eigenvalue weighted by molar-refractivity contribution is 7.17. The zero-order valence-electron chi connectivity index (χ0n) is 23.6. The number of rotatable bonds is 5. The molecule has 6 aromatic heterocycles. The molecule has 9 nitrogen and oxygen atoms in total. The van der Waals surface area contributed by atoms with Gasteiger partial charge in [-0.1, -0.05) is 17.7 Å². The van der Waals surface area contributed by atoms with Gasteiger partial charge in [0.2, 0.25) is 6.79 Å². The molecule has 0 fully saturated rings. The molecule has 0 saturated carbocycles. The summed E-state index contributed by atoms with van der Waals surface area (Å²) in [6.07, 6.45) is 6.98. The number of nitrogens with zero attached hydrogens (tertiary/aromatic N) is 6. The molecule has 0 atom stereocenters. The lowest BCUT2D eigenvalue weighted by Crippen LogP contribution is -2.04. The van der Waals surface area contributed by atoms with Crippen LogP contribution in [0.1, 0.15) is 16.7 Å². The lowest BCUT2D eigenvalue weighted by Gasteiger charge is -2.10. The number of fused-ring (bicyclic) bond motifs is 3. The van der Waals surface area contributed by atoms with E-state index in [1.807, 2.05) is 54.8 Å². The Balaban J connectivity index is 0.000000158. The zero-order chi connectivity index (χ0) is 30.0. The summed E-state index contributed by atoms with van der Waals surface area (Å²) in [6.45, 7) is 5.00. The number of ether oxygens (including phenoxy) is 2. The smallest absolute Gasteiger partial charge is 0.231 e. The lowest BCUT2D eigenvalue weighted by molar-refractivity contribution is 0.174. The van der Waals surface area contributed by atoms with E-state index in [1.165, 1.54) is 5.56 Å². The highest BCUT2D eigenvalue weighted by Crippen LogP contribution is 2.35. The molecule has 12 heteroatoms. The number of aryl methyl sites for hydroxylation is 2. The van der Waals surface area contributed by atoms with Gasteiger partial charge in [0.15, 0.2) is 23.1 Å². The number of nitrogens with one attached hydrogen (secondary N) is 1. The van der Waals surface area contributed by atoms with E-state index < -0.39 is 0 Å². The number of hydrogen-bond donors (Lipinski definition) is 1. The molecule has 0 unspecified atom stereocenters. The number of pyridine rings is 2. The van der Waals surface area contributed by atoms with Crippen LogP contribution in [0.3, 0.4) is 0 Å². The molecule has 8 rings (SSSR count). The Bertz CT molecular complexity index is 2100. The molecule has 0 amide bonds. The molecule has 7 heterocycles. The van der Waals surface area contributed by atoms with Crippen LogP contribution in [0.15, 0.2) is 78.0 Å². The maximum atomic E-state index is 6.19. The van der Waals surface area contributed by atoms with Crippen molar-refractivity contribution >= 4 is 60.5 Å². The number of halogens is 1. The van der Waals surface area contributed by atoms with Crippen molar-refractivity contribution in [2.45, 2.75) is 20.4 Å². The second-order valence-electron chi connectivity index (χ2n) is 9.96.